The van der Waals surface area contributed by atoms with E-state index in [1.807, 2.05) is 16.7 Å². The maximum absolute atomic E-state index is 12.3. The second-order valence-corrected chi connectivity index (χ2v) is 6.00. The summed E-state index contributed by atoms with van der Waals surface area (Å²) in [5, 5.41) is 10.0. The van der Waals surface area contributed by atoms with Gasteiger partial charge in [-0.25, -0.2) is 4.79 Å². The quantitative estimate of drug-likeness (QED) is 0.700. The number of aliphatic hydroxyl groups is 1. The normalized spacial score (nSPS) is 34.9. The molecule has 4 nitrogen and oxygen atoms in total. The molecule has 0 radical (unpaired) electrons. The third-order valence-corrected chi connectivity index (χ3v) is 3.87. The summed E-state index contributed by atoms with van der Waals surface area (Å²) in [6.45, 7) is 7.05. The van der Waals surface area contributed by atoms with Crippen LogP contribution in [0.5, 0.6) is 0 Å². The van der Waals surface area contributed by atoms with Crippen LogP contribution >= 0.6 is 0 Å². The zero-order chi connectivity index (χ0) is 12.5. The molecular formula is C13H24N2O2. The minimum Gasteiger partial charge on any atom is -0.388 e. The van der Waals surface area contributed by atoms with E-state index in [1.165, 1.54) is 6.42 Å². The highest BCUT2D eigenvalue weighted by Crippen LogP contribution is 2.23. The van der Waals surface area contributed by atoms with Gasteiger partial charge in [-0.3, -0.25) is 0 Å². The average molecular weight is 240 g/mol. The summed E-state index contributed by atoms with van der Waals surface area (Å²) in [4.78, 5) is 16.1. The summed E-state index contributed by atoms with van der Waals surface area (Å²) in [6.07, 6.45) is 4.04. The summed E-state index contributed by atoms with van der Waals surface area (Å²) in [7, 11) is 0. The van der Waals surface area contributed by atoms with Gasteiger partial charge in [-0.2, -0.15) is 0 Å². The van der Waals surface area contributed by atoms with Crippen molar-refractivity contribution < 1.29 is 9.90 Å². The molecule has 2 aliphatic heterocycles. The fourth-order valence-electron chi connectivity index (χ4n) is 2.95. The number of hydrogen-bond acceptors (Lipinski definition) is 2. The van der Waals surface area contributed by atoms with E-state index in [0.717, 1.165) is 38.9 Å². The van der Waals surface area contributed by atoms with Crippen molar-refractivity contribution in [3.05, 3.63) is 0 Å². The molecule has 2 aliphatic rings. The Kier molecular flexibility index (Phi) is 3.61. The van der Waals surface area contributed by atoms with E-state index in [9.17, 15) is 9.90 Å². The minimum atomic E-state index is -0.699. The van der Waals surface area contributed by atoms with Crippen LogP contribution in [-0.2, 0) is 0 Å². The maximum atomic E-state index is 12.3. The number of likely N-dealkylation sites (tertiary alicyclic amines) is 2. The maximum Gasteiger partial charge on any atom is 0.320 e. The highest BCUT2D eigenvalue weighted by Gasteiger charge is 2.33. The van der Waals surface area contributed by atoms with Crippen molar-refractivity contribution in [2.24, 2.45) is 5.92 Å². The van der Waals surface area contributed by atoms with Crippen molar-refractivity contribution in [2.75, 3.05) is 26.2 Å². The lowest BCUT2D eigenvalue weighted by Gasteiger charge is -2.41. The molecule has 2 unspecified atom stereocenters. The summed E-state index contributed by atoms with van der Waals surface area (Å²) in [5.41, 5.74) is -0.699. The first kappa shape index (κ1) is 12.7. The molecule has 2 heterocycles. The fourth-order valence-corrected chi connectivity index (χ4v) is 2.95. The van der Waals surface area contributed by atoms with Gasteiger partial charge in [0.05, 0.1) is 12.1 Å². The number of amides is 2. The van der Waals surface area contributed by atoms with Gasteiger partial charge in [0.25, 0.3) is 0 Å². The van der Waals surface area contributed by atoms with Gasteiger partial charge >= 0.3 is 6.03 Å². The predicted octanol–water partition coefficient (Wildman–Crippen LogP) is 1.69. The molecule has 2 rings (SSSR count). The van der Waals surface area contributed by atoms with Crippen molar-refractivity contribution in [1.29, 1.82) is 0 Å². The van der Waals surface area contributed by atoms with Crippen LogP contribution in [0.25, 0.3) is 0 Å². The Bertz CT molecular complexity index is 291. The van der Waals surface area contributed by atoms with Gasteiger partial charge in [-0.1, -0.05) is 6.92 Å². The van der Waals surface area contributed by atoms with Crippen LogP contribution in [0.15, 0.2) is 0 Å². The van der Waals surface area contributed by atoms with Crippen LogP contribution < -0.4 is 0 Å². The minimum absolute atomic E-state index is 0.122. The Labute approximate surface area is 104 Å². The standard InChI is InChI=1S/C13H24N2O2/c1-11-5-3-7-14(9-11)12(16)15-8-4-6-13(2,17)10-15/h11,17H,3-10H2,1-2H3. The topological polar surface area (TPSA) is 43.8 Å². The number of hydrogen-bond donors (Lipinski definition) is 1. The first-order chi connectivity index (χ1) is 7.98. The molecule has 2 atom stereocenters. The van der Waals surface area contributed by atoms with Gasteiger partial charge in [-0.05, 0) is 38.5 Å². The van der Waals surface area contributed by atoms with Gasteiger partial charge in [0.15, 0.2) is 0 Å². The molecule has 0 saturated carbocycles. The Morgan fingerprint density at radius 2 is 2.00 bits per heavy atom. The van der Waals surface area contributed by atoms with Crippen molar-refractivity contribution in [3.8, 4) is 0 Å². The Morgan fingerprint density at radius 3 is 2.65 bits per heavy atom. The molecular weight excluding hydrogens is 216 g/mol. The van der Waals surface area contributed by atoms with E-state index in [0.29, 0.717) is 12.5 Å². The van der Waals surface area contributed by atoms with Crippen LogP contribution in [0.2, 0.25) is 0 Å². The number of β-amino-alcohol motifs (C(OH)–C–C–N with tert-alkyl or cyclic N) is 1. The van der Waals surface area contributed by atoms with E-state index < -0.39 is 5.60 Å². The summed E-state index contributed by atoms with van der Waals surface area (Å²) in [6, 6.07) is 0.122. The second-order valence-electron chi connectivity index (χ2n) is 6.00. The van der Waals surface area contributed by atoms with Crippen LogP contribution in [-0.4, -0.2) is 52.7 Å². The second kappa shape index (κ2) is 4.84. The molecule has 2 amide bonds. The molecule has 0 aromatic rings. The lowest BCUT2D eigenvalue weighted by molar-refractivity contribution is -0.00902. The largest absolute Gasteiger partial charge is 0.388 e. The molecule has 17 heavy (non-hydrogen) atoms. The zero-order valence-electron chi connectivity index (χ0n) is 11.0. The van der Waals surface area contributed by atoms with Crippen molar-refractivity contribution in [1.82, 2.24) is 9.80 Å². The Balaban J connectivity index is 1.94. The molecule has 4 heteroatoms. The first-order valence-corrected chi connectivity index (χ1v) is 6.74. The number of piperidine rings is 2. The van der Waals surface area contributed by atoms with E-state index in [2.05, 4.69) is 6.92 Å². The Hall–Kier alpha value is -0.770. The van der Waals surface area contributed by atoms with Gasteiger partial charge in [0, 0.05) is 19.6 Å². The fraction of sp³-hybridized carbons (Fsp3) is 0.923. The van der Waals surface area contributed by atoms with Gasteiger partial charge in [-0.15, -0.1) is 0 Å². The molecule has 0 aliphatic carbocycles. The molecule has 2 saturated heterocycles. The van der Waals surface area contributed by atoms with E-state index in [1.54, 1.807) is 0 Å². The molecule has 1 N–H and O–H groups in total. The van der Waals surface area contributed by atoms with Crippen LogP contribution in [0.3, 0.4) is 0 Å². The molecule has 0 aromatic carbocycles. The number of carbonyl (C=O) groups excluding carboxylic acids is 1. The lowest BCUT2D eigenvalue weighted by Crippen LogP contribution is -2.54. The zero-order valence-corrected chi connectivity index (χ0v) is 11.0. The summed E-state index contributed by atoms with van der Waals surface area (Å²) in [5.74, 6) is 0.609. The van der Waals surface area contributed by atoms with Crippen LogP contribution in [0, 0.1) is 5.92 Å². The smallest absolute Gasteiger partial charge is 0.320 e. The molecule has 0 spiro atoms. The van der Waals surface area contributed by atoms with Crippen LogP contribution in [0.1, 0.15) is 39.5 Å². The number of nitrogens with zero attached hydrogens (tertiary/aromatic N) is 2. The third kappa shape index (κ3) is 3.12. The number of urea groups is 1. The van der Waals surface area contributed by atoms with Crippen molar-refractivity contribution in [2.45, 2.75) is 45.1 Å². The van der Waals surface area contributed by atoms with E-state index in [4.69, 9.17) is 0 Å². The van der Waals surface area contributed by atoms with Crippen molar-refractivity contribution >= 4 is 6.03 Å². The summed E-state index contributed by atoms with van der Waals surface area (Å²) < 4.78 is 0. The molecule has 98 valence electrons. The highest BCUT2D eigenvalue weighted by atomic mass is 16.3. The highest BCUT2D eigenvalue weighted by molar-refractivity contribution is 5.74. The molecule has 0 bridgehead atoms. The average Bonchev–Trinajstić information content (AvgIpc) is 2.26. The first-order valence-electron chi connectivity index (χ1n) is 6.74. The number of rotatable bonds is 0. The lowest BCUT2D eigenvalue weighted by atomic mass is 9.95. The van der Waals surface area contributed by atoms with Crippen LogP contribution in [0.4, 0.5) is 4.79 Å². The van der Waals surface area contributed by atoms with E-state index in [-0.39, 0.29) is 6.03 Å². The van der Waals surface area contributed by atoms with Gasteiger partial charge in [0.2, 0.25) is 0 Å². The van der Waals surface area contributed by atoms with E-state index >= 15 is 0 Å². The third-order valence-electron chi connectivity index (χ3n) is 3.87. The Morgan fingerprint density at radius 1 is 1.29 bits per heavy atom. The molecule has 0 aromatic heterocycles. The molecule has 2 fully saturated rings. The van der Waals surface area contributed by atoms with Gasteiger partial charge < -0.3 is 14.9 Å². The van der Waals surface area contributed by atoms with Gasteiger partial charge in [0.1, 0.15) is 0 Å². The van der Waals surface area contributed by atoms with Crippen molar-refractivity contribution in [3.63, 3.8) is 0 Å². The SMILES string of the molecule is CC1CCCN(C(=O)N2CCCC(C)(O)C2)C1. The monoisotopic (exact) mass is 240 g/mol. The summed E-state index contributed by atoms with van der Waals surface area (Å²) >= 11 is 0. The number of carbonyl (C=O) groups is 1. The predicted molar refractivity (Wildman–Crippen MR) is 66.8 cm³/mol.